The van der Waals surface area contributed by atoms with Crippen LogP contribution in [0, 0.1) is 13.8 Å². The quantitative estimate of drug-likeness (QED) is 0.622. The SMILES string of the molecule is Cc1cc2c(c(C(C)C)c1C)C=CC2. The molecule has 2 rings (SSSR count). The highest BCUT2D eigenvalue weighted by molar-refractivity contribution is 5.66. The van der Waals surface area contributed by atoms with E-state index in [1.54, 1.807) is 5.56 Å². The van der Waals surface area contributed by atoms with Crippen molar-refractivity contribution in [2.75, 3.05) is 0 Å². The maximum Gasteiger partial charge on any atom is -0.00880 e. The molecule has 0 aromatic heterocycles. The predicted octanol–water partition coefficient (Wildman–Crippen LogP) is 4.00. The fraction of sp³-hybridized carbons (Fsp3) is 0.429. The first-order chi connectivity index (χ1) is 6.61. The van der Waals surface area contributed by atoms with Crippen LogP contribution in [0.2, 0.25) is 0 Å². The van der Waals surface area contributed by atoms with Gasteiger partial charge in [0.05, 0.1) is 0 Å². The van der Waals surface area contributed by atoms with Gasteiger partial charge in [-0.05, 0) is 54.0 Å². The van der Waals surface area contributed by atoms with E-state index in [1.165, 1.54) is 22.3 Å². The highest BCUT2D eigenvalue weighted by Crippen LogP contribution is 2.33. The van der Waals surface area contributed by atoms with Crippen LogP contribution in [-0.4, -0.2) is 0 Å². The van der Waals surface area contributed by atoms with E-state index >= 15 is 0 Å². The smallest absolute Gasteiger partial charge is 0.00880 e. The Balaban J connectivity index is 2.71. The first kappa shape index (κ1) is 9.51. The van der Waals surface area contributed by atoms with Crippen LogP contribution in [0.15, 0.2) is 12.1 Å². The molecule has 1 aliphatic rings. The van der Waals surface area contributed by atoms with E-state index in [9.17, 15) is 0 Å². The number of hydrogen-bond acceptors (Lipinski definition) is 0. The van der Waals surface area contributed by atoms with Crippen LogP contribution in [-0.2, 0) is 6.42 Å². The third kappa shape index (κ3) is 1.30. The van der Waals surface area contributed by atoms with Gasteiger partial charge in [-0.25, -0.2) is 0 Å². The second-order valence-electron chi connectivity index (χ2n) is 4.57. The van der Waals surface area contributed by atoms with E-state index < -0.39 is 0 Å². The van der Waals surface area contributed by atoms with Gasteiger partial charge in [0.15, 0.2) is 0 Å². The van der Waals surface area contributed by atoms with Crippen LogP contribution in [0.3, 0.4) is 0 Å². The maximum absolute atomic E-state index is 2.34. The van der Waals surface area contributed by atoms with E-state index in [0.29, 0.717) is 5.92 Å². The minimum atomic E-state index is 0.631. The van der Waals surface area contributed by atoms with Crippen LogP contribution >= 0.6 is 0 Å². The van der Waals surface area contributed by atoms with Crippen molar-refractivity contribution in [1.29, 1.82) is 0 Å². The number of aryl methyl sites for hydroxylation is 1. The first-order valence-electron chi connectivity index (χ1n) is 5.40. The molecular weight excluding hydrogens is 168 g/mol. The van der Waals surface area contributed by atoms with Gasteiger partial charge in [0.25, 0.3) is 0 Å². The van der Waals surface area contributed by atoms with E-state index in [0.717, 1.165) is 6.42 Å². The van der Waals surface area contributed by atoms with Crippen LogP contribution in [0.4, 0.5) is 0 Å². The second kappa shape index (κ2) is 3.27. The Labute approximate surface area is 86.7 Å². The summed E-state index contributed by atoms with van der Waals surface area (Å²) in [5, 5.41) is 0. The van der Waals surface area contributed by atoms with E-state index in [-0.39, 0.29) is 0 Å². The lowest BCUT2D eigenvalue weighted by Crippen LogP contribution is -2.00. The molecule has 74 valence electrons. The van der Waals surface area contributed by atoms with Crippen molar-refractivity contribution >= 4 is 6.08 Å². The van der Waals surface area contributed by atoms with Crippen LogP contribution in [0.5, 0.6) is 0 Å². The van der Waals surface area contributed by atoms with Gasteiger partial charge in [-0.3, -0.25) is 0 Å². The van der Waals surface area contributed by atoms with Gasteiger partial charge >= 0.3 is 0 Å². The minimum absolute atomic E-state index is 0.631. The molecule has 1 aromatic carbocycles. The molecule has 0 bridgehead atoms. The standard InChI is InChI=1S/C14H18/c1-9(2)14-11(4)10(3)8-12-6-5-7-13(12)14/h5,7-9H,6H2,1-4H3. The molecule has 1 aromatic rings. The molecule has 0 nitrogen and oxygen atoms in total. The zero-order chi connectivity index (χ0) is 10.3. The summed E-state index contributed by atoms with van der Waals surface area (Å²) < 4.78 is 0. The molecule has 0 spiro atoms. The van der Waals surface area contributed by atoms with Crippen molar-refractivity contribution in [3.05, 3.63) is 40.0 Å². The van der Waals surface area contributed by atoms with Gasteiger partial charge in [0.2, 0.25) is 0 Å². The first-order valence-corrected chi connectivity index (χ1v) is 5.40. The molecular formula is C14H18. The highest BCUT2D eigenvalue weighted by atomic mass is 14.2. The third-order valence-electron chi connectivity index (χ3n) is 3.22. The average molecular weight is 186 g/mol. The lowest BCUT2D eigenvalue weighted by molar-refractivity contribution is 0.848. The molecule has 0 heteroatoms. The molecule has 0 amide bonds. The molecule has 0 atom stereocenters. The third-order valence-corrected chi connectivity index (χ3v) is 3.22. The van der Waals surface area contributed by atoms with Crippen molar-refractivity contribution < 1.29 is 0 Å². The van der Waals surface area contributed by atoms with E-state index in [4.69, 9.17) is 0 Å². The molecule has 0 aliphatic heterocycles. The summed E-state index contributed by atoms with van der Waals surface area (Å²) in [7, 11) is 0. The van der Waals surface area contributed by atoms with E-state index in [1.807, 2.05) is 0 Å². The van der Waals surface area contributed by atoms with Crippen LogP contribution in [0.25, 0.3) is 6.08 Å². The monoisotopic (exact) mass is 186 g/mol. The average Bonchev–Trinajstić information content (AvgIpc) is 2.52. The van der Waals surface area contributed by atoms with E-state index in [2.05, 4.69) is 45.9 Å². The molecule has 0 fully saturated rings. The van der Waals surface area contributed by atoms with Crippen molar-refractivity contribution in [3.63, 3.8) is 0 Å². The molecule has 0 saturated heterocycles. The Morgan fingerprint density at radius 1 is 1.21 bits per heavy atom. The summed E-state index contributed by atoms with van der Waals surface area (Å²) in [5.74, 6) is 0.631. The summed E-state index contributed by atoms with van der Waals surface area (Å²) in [4.78, 5) is 0. The van der Waals surface area contributed by atoms with Gasteiger partial charge in [-0.1, -0.05) is 32.1 Å². The Kier molecular flexibility index (Phi) is 2.22. The van der Waals surface area contributed by atoms with Crippen molar-refractivity contribution in [2.45, 2.75) is 40.0 Å². The van der Waals surface area contributed by atoms with Crippen molar-refractivity contribution in [2.24, 2.45) is 0 Å². The summed E-state index contributed by atoms with van der Waals surface area (Å²) in [5.41, 5.74) is 7.47. The Bertz CT molecular complexity index is 395. The largest absolute Gasteiger partial charge is 0.0795 e. The maximum atomic E-state index is 2.34. The normalized spacial score (nSPS) is 13.8. The van der Waals surface area contributed by atoms with Crippen LogP contribution in [0.1, 0.15) is 47.6 Å². The number of benzene rings is 1. The molecule has 0 unspecified atom stereocenters. The fourth-order valence-electron chi connectivity index (χ4n) is 2.45. The minimum Gasteiger partial charge on any atom is -0.0795 e. The molecule has 14 heavy (non-hydrogen) atoms. The Morgan fingerprint density at radius 3 is 2.57 bits per heavy atom. The lowest BCUT2D eigenvalue weighted by atomic mass is 9.88. The van der Waals surface area contributed by atoms with Gasteiger partial charge in [0, 0.05) is 0 Å². The molecule has 0 radical (unpaired) electrons. The molecule has 1 aliphatic carbocycles. The fourth-order valence-corrected chi connectivity index (χ4v) is 2.45. The molecule has 0 heterocycles. The second-order valence-corrected chi connectivity index (χ2v) is 4.57. The van der Waals surface area contributed by atoms with Crippen LogP contribution < -0.4 is 0 Å². The van der Waals surface area contributed by atoms with Gasteiger partial charge in [-0.15, -0.1) is 0 Å². The lowest BCUT2D eigenvalue weighted by Gasteiger charge is -2.17. The highest BCUT2D eigenvalue weighted by Gasteiger charge is 2.16. The zero-order valence-corrected chi connectivity index (χ0v) is 9.52. The zero-order valence-electron chi connectivity index (χ0n) is 9.52. The predicted molar refractivity (Wildman–Crippen MR) is 62.7 cm³/mol. The number of allylic oxidation sites excluding steroid dienone is 1. The Morgan fingerprint density at radius 2 is 1.93 bits per heavy atom. The molecule has 0 N–H and O–H groups in total. The van der Waals surface area contributed by atoms with Gasteiger partial charge < -0.3 is 0 Å². The van der Waals surface area contributed by atoms with Crippen molar-refractivity contribution in [3.8, 4) is 0 Å². The summed E-state index contributed by atoms with van der Waals surface area (Å²) in [6, 6.07) is 2.34. The number of hydrogen-bond donors (Lipinski definition) is 0. The number of rotatable bonds is 1. The number of fused-ring (bicyclic) bond motifs is 1. The van der Waals surface area contributed by atoms with Crippen molar-refractivity contribution in [1.82, 2.24) is 0 Å². The van der Waals surface area contributed by atoms with Gasteiger partial charge in [0.1, 0.15) is 0 Å². The summed E-state index contributed by atoms with van der Waals surface area (Å²) >= 11 is 0. The topological polar surface area (TPSA) is 0 Å². The Hall–Kier alpha value is -1.04. The summed E-state index contributed by atoms with van der Waals surface area (Å²) in [6.45, 7) is 9.04. The van der Waals surface area contributed by atoms with Gasteiger partial charge in [-0.2, -0.15) is 0 Å². The molecule has 0 saturated carbocycles. The summed E-state index contributed by atoms with van der Waals surface area (Å²) in [6.07, 6.45) is 5.68.